The molecule has 1 aromatic carbocycles. The highest BCUT2D eigenvalue weighted by Crippen LogP contribution is 2.26. The monoisotopic (exact) mass is 430 g/mol. The molecule has 0 radical (unpaired) electrons. The van der Waals surface area contributed by atoms with Crippen molar-refractivity contribution in [3.8, 4) is 0 Å². The molecule has 0 fully saturated rings. The number of carbonyl (C=O) groups is 2. The molecule has 22 heavy (non-hydrogen) atoms. The smallest absolute Gasteiger partial charge is 0.352 e. The van der Waals surface area contributed by atoms with Crippen LogP contribution in [0.5, 0.6) is 0 Å². The van der Waals surface area contributed by atoms with E-state index in [2.05, 4.69) is 22.6 Å². The lowest BCUT2D eigenvalue weighted by molar-refractivity contribution is -0.158. The minimum absolute atomic E-state index is 0.281. The summed E-state index contributed by atoms with van der Waals surface area (Å²) in [6.07, 6.45) is -1.35. The van der Waals surface area contributed by atoms with Crippen LogP contribution in [0.15, 0.2) is 41.8 Å². The van der Waals surface area contributed by atoms with Crippen molar-refractivity contribution in [3.05, 3.63) is 55.8 Å². The molecular weight excluding hydrogens is 415 g/mol. The zero-order valence-corrected chi connectivity index (χ0v) is 15.1. The molecule has 0 unspecified atom stereocenters. The SMILES string of the molecule is CC(C)OC(=O)[C@H](OC(=O)c1cccs1)c1ccccc1I. The standard InChI is InChI=1S/C16H15IO4S/c1-10(2)20-16(19)14(11-6-3-4-7-12(11)17)21-15(18)13-8-5-9-22-13/h3-10,14H,1-2H3/t14-/m1/s1. The van der Waals surface area contributed by atoms with E-state index in [0.29, 0.717) is 10.4 Å². The van der Waals surface area contributed by atoms with E-state index in [-0.39, 0.29) is 6.10 Å². The molecule has 1 aromatic heterocycles. The zero-order valence-electron chi connectivity index (χ0n) is 12.1. The number of esters is 2. The number of thiophene rings is 1. The van der Waals surface area contributed by atoms with Gasteiger partial charge in [-0.15, -0.1) is 11.3 Å². The Bertz CT molecular complexity index is 652. The van der Waals surface area contributed by atoms with Gasteiger partial charge in [0.25, 0.3) is 0 Å². The van der Waals surface area contributed by atoms with Crippen molar-refractivity contribution in [3.63, 3.8) is 0 Å². The van der Waals surface area contributed by atoms with Gasteiger partial charge in [0.15, 0.2) is 0 Å². The highest BCUT2D eigenvalue weighted by Gasteiger charge is 2.29. The number of benzene rings is 1. The lowest BCUT2D eigenvalue weighted by atomic mass is 10.1. The van der Waals surface area contributed by atoms with Gasteiger partial charge < -0.3 is 9.47 Å². The molecule has 0 aliphatic rings. The second-order valence-electron chi connectivity index (χ2n) is 4.77. The molecule has 2 rings (SSSR count). The van der Waals surface area contributed by atoms with Gasteiger partial charge in [0.05, 0.1) is 6.10 Å². The fraction of sp³-hybridized carbons (Fsp3) is 0.250. The quantitative estimate of drug-likeness (QED) is 0.527. The van der Waals surface area contributed by atoms with Gasteiger partial charge in [-0.3, -0.25) is 0 Å². The van der Waals surface area contributed by atoms with E-state index in [0.717, 1.165) is 3.57 Å². The first-order chi connectivity index (χ1) is 10.5. The summed E-state index contributed by atoms with van der Waals surface area (Å²) in [4.78, 5) is 24.9. The van der Waals surface area contributed by atoms with E-state index in [9.17, 15) is 9.59 Å². The lowest BCUT2D eigenvalue weighted by Gasteiger charge is -2.19. The zero-order chi connectivity index (χ0) is 16.1. The number of carbonyl (C=O) groups excluding carboxylic acids is 2. The van der Waals surface area contributed by atoms with Crippen LogP contribution in [0.1, 0.15) is 35.2 Å². The van der Waals surface area contributed by atoms with Gasteiger partial charge in [-0.1, -0.05) is 24.3 Å². The Morgan fingerprint density at radius 2 is 1.82 bits per heavy atom. The Hall–Kier alpha value is -1.41. The van der Waals surface area contributed by atoms with E-state index in [1.807, 2.05) is 12.1 Å². The minimum atomic E-state index is -1.06. The molecule has 2 aromatic rings. The van der Waals surface area contributed by atoms with Crippen LogP contribution in [0.4, 0.5) is 0 Å². The first-order valence-electron chi connectivity index (χ1n) is 6.68. The largest absolute Gasteiger partial charge is 0.460 e. The number of hydrogen-bond acceptors (Lipinski definition) is 5. The van der Waals surface area contributed by atoms with Crippen molar-refractivity contribution in [2.24, 2.45) is 0 Å². The summed E-state index contributed by atoms with van der Waals surface area (Å²) in [7, 11) is 0. The van der Waals surface area contributed by atoms with Crippen LogP contribution in [0.25, 0.3) is 0 Å². The van der Waals surface area contributed by atoms with Crippen molar-refractivity contribution in [1.82, 2.24) is 0 Å². The van der Waals surface area contributed by atoms with Gasteiger partial charge in [0.1, 0.15) is 4.88 Å². The summed E-state index contributed by atoms with van der Waals surface area (Å²) >= 11 is 3.38. The van der Waals surface area contributed by atoms with Crippen LogP contribution in [0.3, 0.4) is 0 Å². The third kappa shape index (κ3) is 4.30. The van der Waals surface area contributed by atoms with E-state index in [4.69, 9.17) is 9.47 Å². The summed E-state index contributed by atoms with van der Waals surface area (Å²) in [5.74, 6) is -1.09. The highest BCUT2D eigenvalue weighted by molar-refractivity contribution is 14.1. The molecule has 0 aliphatic carbocycles. The van der Waals surface area contributed by atoms with Crippen LogP contribution in [-0.4, -0.2) is 18.0 Å². The fourth-order valence-corrected chi connectivity index (χ4v) is 3.06. The second kappa shape index (κ2) is 7.73. The van der Waals surface area contributed by atoms with Crippen molar-refractivity contribution < 1.29 is 19.1 Å². The van der Waals surface area contributed by atoms with Crippen molar-refractivity contribution in [1.29, 1.82) is 0 Å². The van der Waals surface area contributed by atoms with Crippen LogP contribution < -0.4 is 0 Å². The first-order valence-corrected chi connectivity index (χ1v) is 8.64. The number of rotatable bonds is 5. The predicted molar refractivity (Wildman–Crippen MR) is 92.9 cm³/mol. The second-order valence-corrected chi connectivity index (χ2v) is 6.88. The van der Waals surface area contributed by atoms with Crippen molar-refractivity contribution >= 4 is 45.9 Å². The van der Waals surface area contributed by atoms with Gasteiger partial charge >= 0.3 is 11.9 Å². The number of halogens is 1. The maximum atomic E-state index is 12.3. The van der Waals surface area contributed by atoms with E-state index >= 15 is 0 Å². The van der Waals surface area contributed by atoms with Crippen LogP contribution in [0, 0.1) is 3.57 Å². The van der Waals surface area contributed by atoms with Crippen LogP contribution >= 0.6 is 33.9 Å². The Balaban J connectivity index is 2.27. The first kappa shape index (κ1) is 17.0. The Labute approximate surface area is 146 Å². The van der Waals surface area contributed by atoms with Gasteiger partial charge in [0.2, 0.25) is 6.10 Å². The Morgan fingerprint density at radius 3 is 2.41 bits per heavy atom. The Kier molecular flexibility index (Phi) is 5.96. The summed E-state index contributed by atoms with van der Waals surface area (Å²) < 4.78 is 11.5. The fourth-order valence-electron chi connectivity index (χ4n) is 1.78. The van der Waals surface area contributed by atoms with Crippen LogP contribution in [-0.2, 0) is 14.3 Å². The predicted octanol–water partition coefficient (Wildman–Crippen LogP) is 4.20. The van der Waals surface area contributed by atoms with E-state index in [1.54, 1.807) is 43.5 Å². The molecule has 1 heterocycles. The van der Waals surface area contributed by atoms with Gasteiger partial charge in [-0.2, -0.15) is 0 Å². The molecule has 0 saturated carbocycles. The summed E-state index contributed by atoms with van der Waals surface area (Å²) in [6.45, 7) is 3.51. The van der Waals surface area contributed by atoms with E-state index in [1.165, 1.54) is 11.3 Å². The molecule has 0 amide bonds. The molecule has 4 nitrogen and oxygen atoms in total. The number of ether oxygens (including phenoxy) is 2. The third-order valence-corrected chi connectivity index (χ3v) is 4.53. The molecule has 116 valence electrons. The summed E-state index contributed by atoms with van der Waals surface area (Å²) in [5, 5.41) is 1.78. The molecule has 1 atom stereocenters. The molecule has 0 bridgehead atoms. The minimum Gasteiger partial charge on any atom is -0.460 e. The van der Waals surface area contributed by atoms with Gasteiger partial charge in [-0.25, -0.2) is 9.59 Å². The molecular formula is C16H15IO4S. The van der Waals surface area contributed by atoms with Gasteiger partial charge in [0, 0.05) is 9.13 Å². The third-order valence-electron chi connectivity index (χ3n) is 2.70. The lowest BCUT2D eigenvalue weighted by Crippen LogP contribution is -2.25. The molecule has 0 spiro atoms. The molecule has 0 saturated heterocycles. The average Bonchev–Trinajstić information content (AvgIpc) is 2.99. The number of hydrogen-bond donors (Lipinski definition) is 0. The molecule has 0 N–H and O–H groups in total. The summed E-state index contributed by atoms with van der Waals surface area (Å²) in [5.41, 5.74) is 0.624. The molecule has 6 heteroatoms. The maximum Gasteiger partial charge on any atom is 0.352 e. The maximum absolute atomic E-state index is 12.3. The Morgan fingerprint density at radius 1 is 1.09 bits per heavy atom. The average molecular weight is 430 g/mol. The highest BCUT2D eigenvalue weighted by atomic mass is 127. The van der Waals surface area contributed by atoms with Crippen LogP contribution in [0.2, 0.25) is 0 Å². The van der Waals surface area contributed by atoms with E-state index < -0.39 is 18.0 Å². The summed E-state index contributed by atoms with van der Waals surface area (Å²) in [6, 6.07) is 10.7. The molecule has 0 aliphatic heterocycles. The normalized spacial score (nSPS) is 12.0. The van der Waals surface area contributed by atoms with Crippen molar-refractivity contribution in [2.75, 3.05) is 0 Å². The van der Waals surface area contributed by atoms with Gasteiger partial charge in [-0.05, 0) is 54.0 Å². The van der Waals surface area contributed by atoms with Crippen molar-refractivity contribution in [2.45, 2.75) is 26.1 Å². The topological polar surface area (TPSA) is 52.6 Å².